The van der Waals surface area contributed by atoms with Crippen molar-refractivity contribution in [3.63, 3.8) is 0 Å². The molecule has 0 aromatic heterocycles. The van der Waals surface area contributed by atoms with Crippen LogP contribution in [0, 0.1) is 0 Å². The van der Waals surface area contributed by atoms with Crippen molar-refractivity contribution in [2.24, 2.45) is 0 Å². The molecule has 0 aliphatic rings. The number of nitrogens with zero attached hydrogens (tertiary/aromatic N) is 1. The van der Waals surface area contributed by atoms with Gasteiger partial charge in [0, 0.05) is 25.3 Å². The molecule has 3 aromatic rings. The molecule has 1 amide bonds. The summed E-state index contributed by atoms with van der Waals surface area (Å²) in [5.41, 5.74) is 0.972. The van der Waals surface area contributed by atoms with Crippen molar-refractivity contribution < 1.29 is 13.2 Å². The number of carbonyl (C=O) groups excluding carboxylic acids is 1. The summed E-state index contributed by atoms with van der Waals surface area (Å²) < 4.78 is 25.6. The standard InChI is InChI=1S/C19H18N2O3S/c1-21(2)25(23,24)16-10-6-9-15(13-16)20-19(22)18-12-5-8-14-7-3-4-11-17(14)18/h3-13H,1-2H3,(H,20,22). The predicted octanol–water partition coefficient (Wildman–Crippen LogP) is 3.34. The maximum atomic E-state index is 12.7. The van der Waals surface area contributed by atoms with Crippen LogP contribution in [-0.4, -0.2) is 32.7 Å². The molecule has 0 bridgehead atoms. The molecule has 0 saturated carbocycles. The lowest BCUT2D eigenvalue weighted by atomic mass is 10.0. The zero-order valence-corrected chi connectivity index (χ0v) is 14.7. The number of carbonyl (C=O) groups is 1. The van der Waals surface area contributed by atoms with E-state index in [9.17, 15) is 13.2 Å². The molecule has 0 unspecified atom stereocenters. The second-order valence-electron chi connectivity index (χ2n) is 5.80. The Balaban J connectivity index is 1.94. The molecule has 0 aliphatic carbocycles. The number of anilines is 1. The van der Waals surface area contributed by atoms with Crippen LogP contribution in [0.25, 0.3) is 10.8 Å². The molecule has 25 heavy (non-hydrogen) atoms. The van der Waals surface area contributed by atoms with Gasteiger partial charge in [0.2, 0.25) is 10.0 Å². The Morgan fingerprint density at radius 1 is 0.920 bits per heavy atom. The van der Waals surface area contributed by atoms with Crippen molar-refractivity contribution in [1.29, 1.82) is 0 Å². The molecule has 1 N–H and O–H groups in total. The van der Waals surface area contributed by atoms with E-state index in [4.69, 9.17) is 0 Å². The van der Waals surface area contributed by atoms with Gasteiger partial charge < -0.3 is 5.32 Å². The van der Waals surface area contributed by atoms with E-state index in [1.54, 1.807) is 18.2 Å². The summed E-state index contributed by atoms with van der Waals surface area (Å²) in [4.78, 5) is 12.8. The number of amides is 1. The smallest absolute Gasteiger partial charge is 0.256 e. The van der Waals surface area contributed by atoms with Gasteiger partial charge >= 0.3 is 0 Å². The zero-order chi connectivity index (χ0) is 18.0. The molecule has 3 rings (SSSR count). The van der Waals surface area contributed by atoms with Gasteiger partial charge in [0.1, 0.15) is 0 Å². The molecule has 0 heterocycles. The Labute approximate surface area is 146 Å². The van der Waals surface area contributed by atoms with Crippen LogP contribution in [0.15, 0.2) is 71.6 Å². The number of nitrogens with one attached hydrogen (secondary N) is 1. The Kier molecular flexibility index (Phi) is 4.57. The van der Waals surface area contributed by atoms with Gasteiger partial charge in [-0.1, -0.05) is 42.5 Å². The maximum absolute atomic E-state index is 12.7. The first-order chi connectivity index (χ1) is 11.9. The molecular weight excluding hydrogens is 336 g/mol. The first-order valence-electron chi connectivity index (χ1n) is 7.71. The van der Waals surface area contributed by atoms with E-state index in [0.29, 0.717) is 11.3 Å². The molecule has 128 valence electrons. The summed E-state index contributed by atoms with van der Waals surface area (Å²) in [5, 5.41) is 4.60. The first kappa shape index (κ1) is 17.1. The van der Waals surface area contributed by atoms with Gasteiger partial charge in [0.05, 0.1) is 4.90 Å². The van der Waals surface area contributed by atoms with Gasteiger partial charge in [0.25, 0.3) is 5.91 Å². The Morgan fingerprint density at radius 3 is 2.36 bits per heavy atom. The SMILES string of the molecule is CN(C)S(=O)(=O)c1cccc(NC(=O)c2cccc3ccccc23)c1. The van der Waals surface area contributed by atoms with Crippen LogP contribution in [0.4, 0.5) is 5.69 Å². The van der Waals surface area contributed by atoms with Crippen LogP contribution in [-0.2, 0) is 10.0 Å². The molecule has 3 aromatic carbocycles. The van der Waals surface area contributed by atoms with Crippen LogP contribution in [0.5, 0.6) is 0 Å². The van der Waals surface area contributed by atoms with Crippen molar-refractivity contribution in [1.82, 2.24) is 4.31 Å². The first-order valence-corrected chi connectivity index (χ1v) is 9.15. The van der Waals surface area contributed by atoms with Gasteiger partial charge in [-0.2, -0.15) is 0 Å². The van der Waals surface area contributed by atoms with Crippen molar-refractivity contribution in [2.45, 2.75) is 4.90 Å². The molecular formula is C19H18N2O3S. The quantitative estimate of drug-likeness (QED) is 0.781. The van der Waals surface area contributed by atoms with E-state index in [0.717, 1.165) is 15.1 Å². The summed E-state index contributed by atoms with van der Waals surface area (Å²) in [6.07, 6.45) is 0. The average molecular weight is 354 g/mol. The molecule has 0 radical (unpaired) electrons. The van der Waals surface area contributed by atoms with Crippen LogP contribution in [0.2, 0.25) is 0 Å². The van der Waals surface area contributed by atoms with Crippen molar-refractivity contribution >= 4 is 32.4 Å². The summed E-state index contributed by atoms with van der Waals surface area (Å²) in [5.74, 6) is -0.281. The lowest BCUT2D eigenvalue weighted by molar-refractivity contribution is 0.102. The number of fused-ring (bicyclic) bond motifs is 1. The third-order valence-electron chi connectivity index (χ3n) is 3.90. The van der Waals surface area contributed by atoms with E-state index < -0.39 is 10.0 Å². The molecule has 6 heteroatoms. The number of sulfonamides is 1. The summed E-state index contributed by atoms with van der Waals surface area (Å²) in [6.45, 7) is 0. The average Bonchev–Trinajstić information content (AvgIpc) is 2.61. The summed E-state index contributed by atoms with van der Waals surface area (Å²) in [6, 6.07) is 19.4. The minimum absolute atomic E-state index is 0.133. The van der Waals surface area contributed by atoms with Crippen LogP contribution >= 0.6 is 0 Å². The highest BCUT2D eigenvalue weighted by Gasteiger charge is 2.18. The highest BCUT2D eigenvalue weighted by atomic mass is 32.2. The molecule has 0 fully saturated rings. The third kappa shape index (κ3) is 3.40. The Morgan fingerprint density at radius 2 is 1.60 bits per heavy atom. The fraction of sp³-hybridized carbons (Fsp3) is 0.105. The fourth-order valence-corrected chi connectivity index (χ4v) is 3.52. The number of benzene rings is 3. The van der Waals surface area contributed by atoms with E-state index in [2.05, 4.69) is 5.32 Å². The van der Waals surface area contributed by atoms with E-state index in [1.807, 2.05) is 36.4 Å². The van der Waals surface area contributed by atoms with Crippen molar-refractivity contribution in [3.05, 3.63) is 72.3 Å². The lowest BCUT2D eigenvalue weighted by Gasteiger charge is -2.13. The van der Waals surface area contributed by atoms with Crippen LogP contribution in [0.1, 0.15) is 10.4 Å². The topological polar surface area (TPSA) is 66.5 Å². The predicted molar refractivity (Wildman–Crippen MR) is 99.2 cm³/mol. The minimum Gasteiger partial charge on any atom is -0.322 e. The van der Waals surface area contributed by atoms with Gasteiger partial charge in [-0.05, 0) is 35.0 Å². The van der Waals surface area contributed by atoms with Gasteiger partial charge in [-0.15, -0.1) is 0 Å². The zero-order valence-electron chi connectivity index (χ0n) is 13.9. The number of rotatable bonds is 4. The van der Waals surface area contributed by atoms with Gasteiger partial charge in [-0.3, -0.25) is 4.79 Å². The number of hydrogen-bond acceptors (Lipinski definition) is 3. The highest BCUT2D eigenvalue weighted by Crippen LogP contribution is 2.22. The minimum atomic E-state index is -3.55. The van der Waals surface area contributed by atoms with E-state index >= 15 is 0 Å². The van der Waals surface area contributed by atoms with Crippen LogP contribution < -0.4 is 5.32 Å². The number of hydrogen-bond donors (Lipinski definition) is 1. The van der Waals surface area contributed by atoms with E-state index in [1.165, 1.54) is 26.2 Å². The molecule has 0 atom stereocenters. The Bertz CT molecular complexity index is 1040. The molecule has 5 nitrogen and oxygen atoms in total. The lowest BCUT2D eigenvalue weighted by Crippen LogP contribution is -2.22. The second-order valence-corrected chi connectivity index (χ2v) is 7.95. The molecule has 0 saturated heterocycles. The fourth-order valence-electron chi connectivity index (χ4n) is 2.57. The summed E-state index contributed by atoms with van der Waals surface area (Å²) in [7, 11) is -0.615. The largest absolute Gasteiger partial charge is 0.322 e. The molecule has 0 aliphatic heterocycles. The highest BCUT2D eigenvalue weighted by molar-refractivity contribution is 7.89. The monoisotopic (exact) mass is 354 g/mol. The summed E-state index contributed by atoms with van der Waals surface area (Å²) >= 11 is 0. The maximum Gasteiger partial charge on any atom is 0.256 e. The Hall–Kier alpha value is -2.70. The van der Waals surface area contributed by atoms with Gasteiger partial charge in [0.15, 0.2) is 0 Å². The van der Waals surface area contributed by atoms with Gasteiger partial charge in [-0.25, -0.2) is 12.7 Å². The normalized spacial score (nSPS) is 11.6. The van der Waals surface area contributed by atoms with Crippen molar-refractivity contribution in [3.8, 4) is 0 Å². The van der Waals surface area contributed by atoms with E-state index in [-0.39, 0.29) is 10.8 Å². The molecule has 0 spiro atoms. The third-order valence-corrected chi connectivity index (χ3v) is 5.72. The second kappa shape index (κ2) is 6.66. The van der Waals surface area contributed by atoms with Crippen LogP contribution in [0.3, 0.4) is 0 Å². The van der Waals surface area contributed by atoms with Crippen molar-refractivity contribution in [2.75, 3.05) is 19.4 Å².